The number of nitrogens with zero attached hydrogens (tertiary/aromatic N) is 2. The number of anilines is 2. The van der Waals surface area contributed by atoms with E-state index in [4.69, 9.17) is 5.73 Å². The van der Waals surface area contributed by atoms with E-state index in [1.165, 1.54) is 0 Å². The zero-order valence-corrected chi connectivity index (χ0v) is 11.4. The fourth-order valence-electron chi connectivity index (χ4n) is 1.96. The number of aliphatic hydroxyl groups excluding tert-OH is 1. The van der Waals surface area contributed by atoms with Crippen LogP contribution >= 0.6 is 0 Å². The molecule has 0 aliphatic rings. The Morgan fingerprint density at radius 1 is 1.35 bits per heavy atom. The Hall–Kier alpha value is -1.23. The average Bonchev–Trinajstić information content (AvgIpc) is 2.44. The molecule has 0 fully saturated rings. The third-order valence-electron chi connectivity index (χ3n) is 2.74. The van der Waals surface area contributed by atoms with E-state index >= 15 is 0 Å². The van der Waals surface area contributed by atoms with Gasteiger partial charge in [-0.1, -0.05) is 13.8 Å². The second kappa shape index (κ2) is 5.40. The Morgan fingerprint density at radius 3 is 2.35 bits per heavy atom. The van der Waals surface area contributed by atoms with Crippen molar-refractivity contribution in [3.63, 3.8) is 0 Å². The summed E-state index contributed by atoms with van der Waals surface area (Å²) in [4.78, 5) is 0. The predicted octanol–water partition coefficient (Wildman–Crippen LogP) is 1.70. The van der Waals surface area contributed by atoms with Gasteiger partial charge in [-0.2, -0.15) is 5.10 Å². The van der Waals surface area contributed by atoms with Crippen LogP contribution in [0.25, 0.3) is 0 Å². The van der Waals surface area contributed by atoms with Crippen LogP contribution in [0.4, 0.5) is 11.5 Å². The molecule has 5 heteroatoms. The lowest BCUT2D eigenvalue weighted by Gasteiger charge is -2.17. The molecule has 0 aliphatic heterocycles. The third kappa shape index (κ3) is 3.36. The minimum absolute atomic E-state index is 0.160. The molecule has 2 atom stereocenters. The molecule has 1 rings (SSSR count). The van der Waals surface area contributed by atoms with E-state index in [-0.39, 0.29) is 12.1 Å². The molecule has 0 saturated carbocycles. The number of nitrogens with two attached hydrogens (primary N) is 1. The van der Waals surface area contributed by atoms with E-state index < -0.39 is 0 Å². The monoisotopic (exact) mass is 240 g/mol. The van der Waals surface area contributed by atoms with Crippen LogP contribution in [-0.4, -0.2) is 27.0 Å². The number of nitrogen functional groups attached to an aromatic ring is 1. The normalized spacial score (nSPS) is 15.0. The molecular weight excluding hydrogens is 216 g/mol. The van der Waals surface area contributed by atoms with Gasteiger partial charge < -0.3 is 16.2 Å². The van der Waals surface area contributed by atoms with Crippen molar-refractivity contribution in [1.82, 2.24) is 9.78 Å². The average molecular weight is 240 g/mol. The van der Waals surface area contributed by atoms with E-state index in [9.17, 15) is 5.11 Å². The van der Waals surface area contributed by atoms with Crippen molar-refractivity contribution in [1.29, 1.82) is 0 Å². The van der Waals surface area contributed by atoms with E-state index in [0.717, 1.165) is 11.5 Å². The van der Waals surface area contributed by atoms with Gasteiger partial charge in [0.15, 0.2) is 0 Å². The number of aromatic nitrogens is 2. The van der Waals surface area contributed by atoms with Gasteiger partial charge in [-0.25, -0.2) is 0 Å². The van der Waals surface area contributed by atoms with Gasteiger partial charge in [0.25, 0.3) is 0 Å². The van der Waals surface area contributed by atoms with E-state index in [1.54, 1.807) is 11.6 Å². The second-order valence-electron chi connectivity index (χ2n) is 5.06. The molecule has 0 aliphatic carbocycles. The maximum atomic E-state index is 9.34. The molecule has 0 saturated heterocycles. The van der Waals surface area contributed by atoms with E-state index in [1.807, 2.05) is 14.0 Å². The second-order valence-corrected chi connectivity index (χ2v) is 5.06. The molecule has 1 aromatic heterocycles. The molecular formula is C12H24N4O. The van der Waals surface area contributed by atoms with Crippen molar-refractivity contribution in [3.05, 3.63) is 5.69 Å². The highest BCUT2D eigenvalue weighted by atomic mass is 16.3. The highest BCUT2D eigenvalue weighted by Gasteiger charge is 2.17. The van der Waals surface area contributed by atoms with Gasteiger partial charge in [0.05, 0.1) is 17.5 Å². The van der Waals surface area contributed by atoms with Gasteiger partial charge in [0.2, 0.25) is 0 Å². The lowest BCUT2D eigenvalue weighted by Crippen LogP contribution is -2.22. The fraction of sp³-hybridized carbons (Fsp3) is 0.750. The SMILES string of the molecule is CC(O)CC(C)Nc1c(N)c(C(C)C)nn1C. The Morgan fingerprint density at radius 2 is 1.94 bits per heavy atom. The van der Waals surface area contributed by atoms with Crippen LogP contribution in [0.15, 0.2) is 0 Å². The summed E-state index contributed by atoms with van der Waals surface area (Å²) in [5.74, 6) is 1.14. The van der Waals surface area contributed by atoms with Crippen molar-refractivity contribution in [2.45, 2.75) is 52.2 Å². The summed E-state index contributed by atoms with van der Waals surface area (Å²) in [7, 11) is 1.87. The van der Waals surface area contributed by atoms with Crippen LogP contribution in [0.1, 0.15) is 45.7 Å². The van der Waals surface area contributed by atoms with Gasteiger partial charge in [0.1, 0.15) is 5.82 Å². The highest BCUT2D eigenvalue weighted by Crippen LogP contribution is 2.28. The highest BCUT2D eigenvalue weighted by molar-refractivity contribution is 5.66. The van der Waals surface area contributed by atoms with Gasteiger partial charge in [-0.05, 0) is 26.2 Å². The van der Waals surface area contributed by atoms with E-state index in [2.05, 4.69) is 24.3 Å². The molecule has 17 heavy (non-hydrogen) atoms. The lowest BCUT2D eigenvalue weighted by atomic mass is 10.1. The quantitative estimate of drug-likeness (QED) is 0.732. The summed E-state index contributed by atoms with van der Waals surface area (Å²) in [6, 6.07) is 0.160. The molecule has 1 heterocycles. The number of rotatable bonds is 5. The van der Waals surface area contributed by atoms with Crippen molar-refractivity contribution in [3.8, 4) is 0 Å². The smallest absolute Gasteiger partial charge is 0.148 e. The summed E-state index contributed by atoms with van der Waals surface area (Å²) in [6.07, 6.45) is 0.360. The fourth-order valence-corrected chi connectivity index (χ4v) is 1.96. The number of aliphatic hydroxyl groups is 1. The van der Waals surface area contributed by atoms with Crippen molar-refractivity contribution in [2.24, 2.45) is 7.05 Å². The van der Waals surface area contributed by atoms with Crippen molar-refractivity contribution in [2.75, 3.05) is 11.1 Å². The van der Waals surface area contributed by atoms with Gasteiger partial charge >= 0.3 is 0 Å². The number of nitrogens with one attached hydrogen (secondary N) is 1. The number of aryl methyl sites for hydroxylation is 1. The largest absolute Gasteiger partial charge is 0.394 e. The molecule has 0 aromatic carbocycles. The summed E-state index contributed by atoms with van der Waals surface area (Å²) in [5, 5.41) is 17.0. The number of hydrogen-bond acceptors (Lipinski definition) is 4. The standard InChI is InChI=1S/C12H24N4O/c1-7(2)11-10(13)12(16(5)15-11)14-8(3)6-9(4)17/h7-9,14,17H,6,13H2,1-5H3. The Labute approximate surface area is 103 Å². The van der Waals surface area contributed by atoms with Crippen LogP contribution in [0, 0.1) is 0 Å². The minimum Gasteiger partial charge on any atom is -0.394 e. The first-order chi connectivity index (χ1) is 7.82. The molecule has 0 spiro atoms. The van der Waals surface area contributed by atoms with Crippen LogP contribution in [0.5, 0.6) is 0 Å². The van der Waals surface area contributed by atoms with Gasteiger partial charge in [-0.3, -0.25) is 4.68 Å². The van der Waals surface area contributed by atoms with E-state index in [0.29, 0.717) is 18.0 Å². The zero-order valence-electron chi connectivity index (χ0n) is 11.4. The van der Waals surface area contributed by atoms with Crippen LogP contribution in [0.3, 0.4) is 0 Å². The maximum absolute atomic E-state index is 9.34. The van der Waals surface area contributed by atoms with Gasteiger partial charge in [-0.15, -0.1) is 0 Å². The maximum Gasteiger partial charge on any atom is 0.148 e. The van der Waals surface area contributed by atoms with Crippen molar-refractivity contribution < 1.29 is 5.11 Å². The number of hydrogen-bond donors (Lipinski definition) is 3. The first kappa shape index (κ1) is 13.8. The summed E-state index contributed by atoms with van der Waals surface area (Å²) in [6.45, 7) is 7.95. The summed E-state index contributed by atoms with van der Waals surface area (Å²) >= 11 is 0. The first-order valence-electron chi connectivity index (χ1n) is 6.09. The summed E-state index contributed by atoms with van der Waals surface area (Å²) < 4.78 is 1.77. The van der Waals surface area contributed by atoms with Crippen LogP contribution < -0.4 is 11.1 Å². The third-order valence-corrected chi connectivity index (χ3v) is 2.74. The molecule has 4 N–H and O–H groups in total. The Kier molecular flexibility index (Phi) is 4.40. The molecule has 0 amide bonds. The van der Waals surface area contributed by atoms with Crippen LogP contribution in [-0.2, 0) is 7.05 Å². The minimum atomic E-state index is -0.323. The zero-order chi connectivity index (χ0) is 13.2. The Bertz CT molecular complexity index is 371. The molecule has 98 valence electrons. The molecule has 0 bridgehead atoms. The predicted molar refractivity (Wildman–Crippen MR) is 71.1 cm³/mol. The van der Waals surface area contributed by atoms with Crippen molar-refractivity contribution >= 4 is 11.5 Å². The summed E-state index contributed by atoms with van der Waals surface area (Å²) in [5.41, 5.74) is 7.70. The lowest BCUT2D eigenvalue weighted by molar-refractivity contribution is 0.179. The molecule has 0 radical (unpaired) electrons. The topological polar surface area (TPSA) is 76.1 Å². The first-order valence-corrected chi connectivity index (χ1v) is 6.09. The van der Waals surface area contributed by atoms with Gasteiger partial charge in [0, 0.05) is 13.1 Å². The Balaban J connectivity index is 2.84. The molecule has 2 unspecified atom stereocenters. The molecule has 1 aromatic rings. The van der Waals surface area contributed by atoms with Crippen LogP contribution in [0.2, 0.25) is 0 Å². The molecule has 5 nitrogen and oxygen atoms in total.